The molecule has 0 saturated heterocycles. The van der Waals surface area contributed by atoms with Gasteiger partial charge < -0.3 is 5.32 Å². The number of anilines is 1. The number of fused-ring (bicyclic) bond motifs is 1. The predicted octanol–water partition coefficient (Wildman–Crippen LogP) is 3.60. The van der Waals surface area contributed by atoms with Crippen LogP contribution in [0.2, 0.25) is 0 Å². The lowest BCUT2D eigenvalue weighted by Crippen LogP contribution is -2.30. The van der Waals surface area contributed by atoms with Crippen molar-refractivity contribution < 1.29 is 4.79 Å². The van der Waals surface area contributed by atoms with Crippen LogP contribution < -0.4 is 10.9 Å². The van der Waals surface area contributed by atoms with Crippen LogP contribution in [0.5, 0.6) is 0 Å². The highest BCUT2D eigenvalue weighted by atomic mass is 16.2. The van der Waals surface area contributed by atoms with Gasteiger partial charge in [-0.25, -0.2) is 4.98 Å². The average molecular weight is 373 g/mol. The molecule has 1 aliphatic rings. The van der Waals surface area contributed by atoms with Crippen molar-refractivity contribution in [1.82, 2.24) is 9.55 Å². The molecule has 5 heteroatoms. The number of aryl methyl sites for hydroxylation is 3. The molecule has 1 aromatic heterocycles. The molecule has 142 valence electrons. The van der Waals surface area contributed by atoms with E-state index in [-0.39, 0.29) is 18.0 Å². The first-order valence-electron chi connectivity index (χ1n) is 9.72. The molecule has 1 N–H and O–H groups in total. The van der Waals surface area contributed by atoms with E-state index in [0.717, 1.165) is 36.2 Å². The third kappa shape index (κ3) is 3.74. The van der Waals surface area contributed by atoms with Gasteiger partial charge in [0.15, 0.2) is 0 Å². The summed E-state index contributed by atoms with van der Waals surface area (Å²) < 4.78 is 1.44. The van der Waals surface area contributed by atoms with Crippen molar-refractivity contribution >= 4 is 11.6 Å². The molecule has 2 aromatic carbocycles. The van der Waals surface area contributed by atoms with Crippen LogP contribution >= 0.6 is 0 Å². The van der Waals surface area contributed by atoms with Crippen LogP contribution in [0.1, 0.15) is 30.2 Å². The monoisotopic (exact) mass is 373 g/mol. The Morgan fingerprint density at radius 3 is 2.64 bits per heavy atom. The highest BCUT2D eigenvalue weighted by Gasteiger charge is 2.15. The molecule has 1 heterocycles. The SMILES string of the molecule is CCc1cc(=O)n(CC(=O)Nc2ccc3c(c2)CCC3)c(-c2ccccc2)n1. The Hall–Kier alpha value is -3.21. The second-order valence-electron chi connectivity index (χ2n) is 7.10. The van der Waals surface area contributed by atoms with Gasteiger partial charge in [0.2, 0.25) is 5.91 Å². The van der Waals surface area contributed by atoms with E-state index in [4.69, 9.17) is 0 Å². The van der Waals surface area contributed by atoms with Gasteiger partial charge in [-0.15, -0.1) is 0 Å². The summed E-state index contributed by atoms with van der Waals surface area (Å²) >= 11 is 0. The Labute approximate surface area is 164 Å². The maximum atomic E-state index is 12.7. The maximum Gasteiger partial charge on any atom is 0.254 e. The van der Waals surface area contributed by atoms with Crippen molar-refractivity contribution in [2.45, 2.75) is 39.2 Å². The van der Waals surface area contributed by atoms with Gasteiger partial charge in [0.25, 0.3) is 5.56 Å². The Balaban J connectivity index is 1.62. The van der Waals surface area contributed by atoms with E-state index in [1.165, 1.54) is 21.8 Å². The molecule has 1 aliphatic carbocycles. The zero-order valence-electron chi connectivity index (χ0n) is 15.9. The van der Waals surface area contributed by atoms with Crippen LogP contribution in [-0.4, -0.2) is 15.5 Å². The highest BCUT2D eigenvalue weighted by Crippen LogP contribution is 2.25. The first-order valence-corrected chi connectivity index (χ1v) is 9.72. The fraction of sp³-hybridized carbons (Fsp3) is 0.261. The van der Waals surface area contributed by atoms with Crippen LogP contribution in [0.25, 0.3) is 11.4 Å². The van der Waals surface area contributed by atoms with Crippen molar-refractivity contribution in [1.29, 1.82) is 0 Å². The van der Waals surface area contributed by atoms with Gasteiger partial charge in [0, 0.05) is 23.0 Å². The molecule has 4 rings (SSSR count). The lowest BCUT2D eigenvalue weighted by Gasteiger charge is -2.14. The first-order chi connectivity index (χ1) is 13.6. The second-order valence-corrected chi connectivity index (χ2v) is 7.10. The summed E-state index contributed by atoms with van der Waals surface area (Å²) in [5.74, 6) is 0.289. The van der Waals surface area contributed by atoms with Crippen molar-refractivity contribution in [3.05, 3.63) is 81.8 Å². The second kappa shape index (κ2) is 7.80. The number of carbonyl (C=O) groups is 1. The fourth-order valence-electron chi connectivity index (χ4n) is 3.69. The molecule has 0 atom stereocenters. The summed E-state index contributed by atoms with van der Waals surface area (Å²) in [6.45, 7) is 1.89. The Morgan fingerprint density at radius 1 is 1.07 bits per heavy atom. The summed E-state index contributed by atoms with van der Waals surface area (Å²) in [6, 6.07) is 17.1. The predicted molar refractivity (Wildman–Crippen MR) is 110 cm³/mol. The van der Waals surface area contributed by atoms with Crippen LogP contribution in [0.3, 0.4) is 0 Å². The van der Waals surface area contributed by atoms with E-state index in [0.29, 0.717) is 12.2 Å². The number of hydrogen-bond donors (Lipinski definition) is 1. The molecule has 28 heavy (non-hydrogen) atoms. The molecule has 0 aliphatic heterocycles. The Kier molecular flexibility index (Phi) is 5.06. The van der Waals surface area contributed by atoms with Gasteiger partial charge in [-0.2, -0.15) is 0 Å². The molecule has 0 spiro atoms. The number of rotatable bonds is 5. The maximum absolute atomic E-state index is 12.7. The number of benzene rings is 2. The van der Waals surface area contributed by atoms with Crippen molar-refractivity contribution in [3.63, 3.8) is 0 Å². The van der Waals surface area contributed by atoms with Crippen LogP contribution in [0.4, 0.5) is 5.69 Å². The molecule has 3 aromatic rings. The standard InChI is InChI=1S/C23H23N3O2/c1-2-19-14-22(28)26(23(25-19)17-7-4-3-5-8-17)15-21(27)24-20-12-11-16-9-6-10-18(16)13-20/h3-5,7-8,11-14H,2,6,9-10,15H2,1H3,(H,24,27). The molecular weight excluding hydrogens is 350 g/mol. The zero-order chi connectivity index (χ0) is 19.5. The van der Waals surface area contributed by atoms with E-state index in [1.54, 1.807) is 0 Å². The van der Waals surface area contributed by atoms with Crippen molar-refractivity contribution in [2.75, 3.05) is 5.32 Å². The summed E-state index contributed by atoms with van der Waals surface area (Å²) in [5.41, 5.74) is 4.76. The van der Waals surface area contributed by atoms with E-state index in [1.807, 2.05) is 49.4 Å². The van der Waals surface area contributed by atoms with E-state index in [9.17, 15) is 9.59 Å². The van der Waals surface area contributed by atoms with E-state index < -0.39 is 0 Å². The summed E-state index contributed by atoms with van der Waals surface area (Å²) in [6.07, 6.45) is 3.99. The third-order valence-electron chi connectivity index (χ3n) is 5.14. The lowest BCUT2D eigenvalue weighted by molar-refractivity contribution is -0.116. The van der Waals surface area contributed by atoms with Gasteiger partial charge in [0.05, 0.1) is 0 Å². The van der Waals surface area contributed by atoms with Crippen LogP contribution in [0.15, 0.2) is 59.4 Å². The van der Waals surface area contributed by atoms with Gasteiger partial charge in [-0.05, 0) is 48.9 Å². The number of nitrogens with zero attached hydrogens (tertiary/aromatic N) is 2. The van der Waals surface area contributed by atoms with Gasteiger partial charge >= 0.3 is 0 Å². The molecule has 0 bridgehead atoms. The molecule has 0 unspecified atom stereocenters. The average Bonchev–Trinajstić information content (AvgIpc) is 3.17. The fourth-order valence-corrected chi connectivity index (χ4v) is 3.69. The Bertz CT molecular complexity index is 1070. The van der Waals surface area contributed by atoms with Crippen LogP contribution in [-0.2, 0) is 30.6 Å². The molecule has 1 amide bonds. The van der Waals surface area contributed by atoms with Gasteiger partial charge in [-0.1, -0.05) is 43.3 Å². The lowest BCUT2D eigenvalue weighted by atomic mass is 10.1. The van der Waals surface area contributed by atoms with E-state index in [2.05, 4.69) is 16.4 Å². The number of aromatic nitrogens is 2. The number of nitrogens with one attached hydrogen (secondary N) is 1. The smallest absolute Gasteiger partial charge is 0.254 e. The first kappa shape index (κ1) is 18.2. The minimum absolute atomic E-state index is 0.0723. The molecule has 0 fully saturated rings. The van der Waals surface area contributed by atoms with Crippen molar-refractivity contribution in [3.8, 4) is 11.4 Å². The zero-order valence-corrected chi connectivity index (χ0v) is 15.9. The van der Waals surface area contributed by atoms with Crippen LogP contribution in [0, 0.1) is 0 Å². The number of hydrogen-bond acceptors (Lipinski definition) is 3. The molecule has 0 radical (unpaired) electrons. The number of carbonyl (C=O) groups excluding carboxylic acids is 1. The van der Waals surface area contributed by atoms with Gasteiger partial charge in [0.1, 0.15) is 12.4 Å². The molecule has 0 saturated carbocycles. The minimum atomic E-state index is -0.233. The van der Waals surface area contributed by atoms with E-state index >= 15 is 0 Å². The summed E-state index contributed by atoms with van der Waals surface area (Å²) in [4.78, 5) is 30.0. The number of amides is 1. The summed E-state index contributed by atoms with van der Waals surface area (Å²) in [7, 11) is 0. The minimum Gasteiger partial charge on any atom is -0.325 e. The topological polar surface area (TPSA) is 64.0 Å². The van der Waals surface area contributed by atoms with Crippen molar-refractivity contribution in [2.24, 2.45) is 0 Å². The van der Waals surface area contributed by atoms with Gasteiger partial charge in [-0.3, -0.25) is 14.2 Å². The molecular formula is C23H23N3O2. The molecule has 5 nitrogen and oxygen atoms in total. The normalized spacial score (nSPS) is 12.6. The third-order valence-corrected chi connectivity index (χ3v) is 5.14. The Morgan fingerprint density at radius 2 is 1.86 bits per heavy atom. The summed E-state index contributed by atoms with van der Waals surface area (Å²) in [5, 5.41) is 2.93. The highest BCUT2D eigenvalue weighted by molar-refractivity contribution is 5.91. The largest absolute Gasteiger partial charge is 0.325 e. The quantitative estimate of drug-likeness (QED) is 0.743.